The maximum absolute atomic E-state index is 12.5. The highest BCUT2D eigenvalue weighted by Gasteiger charge is 2.39. The zero-order chi connectivity index (χ0) is 12.7. The normalized spacial score (nSPS) is 36.6. The Morgan fingerprint density at radius 1 is 1.39 bits per heavy atom. The molecule has 0 aromatic rings. The molecule has 100 valence electrons. The minimum Gasteiger partial charge on any atom is -0.355 e. The summed E-state index contributed by atoms with van der Waals surface area (Å²) < 4.78 is 0. The first-order valence-corrected chi connectivity index (χ1v) is 6.96. The van der Waals surface area contributed by atoms with Gasteiger partial charge in [-0.1, -0.05) is 0 Å². The van der Waals surface area contributed by atoms with Gasteiger partial charge in [0, 0.05) is 38.1 Å². The van der Waals surface area contributed by atoms with Crippen LogP contribution in [0.2, 0.25) is 0 Å². The minimum atomic E-state index is -0.132. The van der Waals surface area contributed by atoms with E-state index in [2.05, 4.69) is 17.1 Å². The first kappa shape index (κ1) is 12.0. The van der Waals surface area contributed by atoms with Gasteiger partial charge in [-0.05, 0) is 26.3 Å². The molecule has 3 unspecified atom stereocenters. The highest BCUT2D eigenvalue weighted by Crippen LogP contribution is 2.26. The third-order valence-electron chi connectivity index (χ3n) is 4.55. The third-order valence-corrected chi connectivity index (χ3v) is 4.55. The highest BCUT2D eigenvalue weighted by atomic mass is 16.2. The van der Waals surface area contributed by atoms with Crippen LogP contribution in [0.3, 0.4) is 0 Å². The molecule has 5 nitrogen and oxygen atoms in total. The second-order valence-electron chi connectivity index (χ2n) is 5.84. The Bertz CT molecular complexity index is 371. The number of hydrogen-bond acceptors (Lipinski definition) is 3. The van der Waals surface area contributed by atoms with Crippen molar-refractivity contribution in [3.05, 3.63) is 0 Å². The summed E-state index contributed by atoms with van der Waals surface area (Å²) in [6.07, 6.45) is 2.83. The lowest BCUT2D eigenvalue weighted by atomic mass is 10.0. The van der Waals surface area contributed by atoms with Crippen molar-refractivity contribution in [2.24, 2.45) is 5.92 Å². The molecule has 0 aromatic heterocycles. The average molecular weight is 251 g/mol. The van der Waals surface area contributed by atoms with Crippen LogP contribution < -0.4 is 5.32 Å². The molecule has 3 aliphatic rings. The fraction of sp³-hybridized carbons (Fsp3) is 0.846. The van der Waals surface area contributed by atoms with E-state index in [4.69, 9.17) is 0 Å². The molecule has 0 aliphatic carbocycles. The van der Waals surface area contributed by atoms with E-state index in [0.29, 0.717) is 19.0 Å². The van der Waals surface area contributed by atoms with Gasteiger partial charge in [0.05, 0.1) is 5.92 Å². The molecule has 3 atom stereocenters. The Balaban J connectivity index is 1.67. The maximum Gasteiger partial charge on any atom is 0.228 e. The summed E-state index contributed by atoms with van der Waals surface area (Å²) in [6.45, 7) is 5.67. The fourth-order valence-corrected chi connectivity index (χ4v) is 3.51. The average Bonchev–Trinajstić information content (AvgIpc) is 2.95. The van der Waals surface area contributed by atoms with Crippen molar-refractivity contribution in [2.75, 3.05) is 26.2 Å². The number of nitrogens with zero attached hydrogens (tertiary/aromatic N) is 2. The minimum absolute atomic E-state index is 0.0144. The van der Waals surface area contributed by atoms with Crippen molar-refractivity contribution >= 4 is 11.8 Å². The van der Waals surface area contributed by atoms with Crippen molar-refractivity contribution in [1.82, 2.24) is 15.1 Å². The van der Waals surface area contributed by atoms with Crippen LogP contribution in [0.1, 0.15) is 26.2 Å². The molecular formula is C13H21N3O2. The molecule has 0 aromatic carbocycles. The summed E-state index contributed by atoms with van der Waals surface area (Å²) in [7, 11) is 0. The molecule has 1 N–H and O–H groups in total. The van der Waals surface area contributed by atoms with Gasteiger partial charge in [-0.25, -0.2) is 0 Å². The standard InChI is InChI=1S/C13H21N3O2/c1-9-7-15-4-2-3-11(15)8-16(9)13(18)10-5-12(17)14-6-10/h9-11H,2-8H2,1H3,(H,14,17). The number of carbonyl (C=O) groups is 2. The van der Waals surface area contributed by atoms with Crippen molar-refractivity contribution < 1.29 is 9.59 Å². The lowest BCUT2D eigenvalue weighted by Crippen LogP contribution is -2.58. The van der Waals surface area contributed by atoms with Crippen molar-refractivity contribution in [3.63, 3.8) is 0 Å². The topological polar surface area (TPSA) is 52.6 Å². The summed E-state index contributed by atoms with van der Waals surface area (Å²) in [5, 5.41) is 2.75. The van der Waals surface area contributed by atoms with Gasteiger partial charge in [0.15, 0.2) is 0 Å². The molecule has 3 saturated heterocycles. The second-order valence-corrected chi connectivity index (χ2v) is 5.84. The van der Waals surface area contributed by atoms with Gasteiger partial charge < -0.3 is 10.2 Å². The van der Waals surface area contributed by atoms with E-state index in [-0.39, 0.29) is 23.8 Å². The van der Waals surface area contributed by atoms with Gasteiger partial charge in [0.2, 0.25) is 11.8 Å². The van der Waals surface area contributed by atoms with Crippen molar-refractivity contribution in [2.45, 2.75) is 38.3 Å². The van der Waals surface area contributed by atoms with Gasteiger partial charge in [-0.15, -0.1) is 0 Å². The fourth-order valence-electron chi connectivity index (χ4n) is 3.51. The smallest absolute Gasteiger partial charge is 0.228 e. The number of piperazine rings is 1. The summed E-state index contributed by atoms with van der Waals surface area (Å²) in [6, 6.07) is 0.831. The molecule has 3 aliphatic heterocycles. The summed E-state index contributed by atoms with van der Waals surface area (Å²) in [5.74, 6) is 0.0563. The molecule has 18 heavy (non-hydrogen) atoms. The zero-order valence-electron chi connectivity index (χ0n) is 10.9. The first-order valence-electron chi connectivity index (χ1n) is 6.96. The Kier molecular flexibility index (Phi) is 3.01. The predicted molar refractivity (Wildman–Crippen MR) is 66.9 cm³/mol. The predicted octanol–water partition coefficient (Wildman–Crippen LogP) is -0.182. The van der Waals surface area contributed by atoms with E-state index in [1.807, 2.05) is 4.90 Å². The largest absolute Gasteiger partial charge is 0.355 e. The molecule has 2 amide bonds. The number of fused-ring (bicyclic) bond motifs is 1. The molecule has 0 spiro atoms. The summed E-state index contributed by atoms with van der Waals surface area (Å²) in [4.78, 5) is 28.2. The van der Waals surface area contributed by atoms with Crippen molar-refractivity contribution in [3.8, 4) is 0 Å². The lowest BCUT2D eigenvalue weighted by molar-refractivity contribution is -0.141. The summed E-state index contributed by atoms with van der Waals surface area (Å²) in [5.41, 5.74) is 0. The van der Waals surface area contributed by atoms with E-state index in [1.54, 1.807) is 0 Å². The Hall–Kier alpha value is -1.10. The van der Waals surface area contributed by atoms with Crippen LogP contribution in [0.25, 0.3) is 0 Å². The third kappa shape index (κ3) is 2.00. The van der Waals surface area contributed by atoms with Crippen LogP contribution in [0, 0.1) is 5.92 Å². The van der Waals surface area contributed by atoms with E-state index in [1.165, 1.54) is 19.4 Å². The van der Waals surface area contributed by atoms with Crippen LogP contribution in [-0.4, -0.2) is 59.9 Å². The molecular weight excluding hydrogens is 230 g/mol. The van der Waals surface area contributed by atoms with E-state index >= 15 is 0 Å². The van der Waals surface area contributed by atoms with Gasteiger partial charge in [0.1, 0.15) is 0 Å². The van der Waals surface area contributed by atoms with Gasteiger partial charge >= 0.3 is 0 Å². The summed E-state index contributed by atoms with van der Waals surface area (Å²) >= 11 is 0. The first-order chi connectivity index (χ1) is 8.65. The molecule has 0 radical (unpaired) electrons. The highest BCUT2D eigenvalue weighted by molar-refractivity contribution is 5.89. The number of carbonyl (C=O) groups excluding carboxylic acids is 2. The van der Waals surface area contributed by atoms with E-state index < -0.39 is 0 Å². The van der Waals surface area contributed by atoms with Crippen LogP contribution in [0.15, 0.2) is 0 Å². The van der Waals surface area contributed by atoms with Crippen LogP contribution in [-0.2, 0) is 9.59 Å². The molecule has 3 heterocycles. The molecule has 0 saturated carbocycles. The Morgan fingerprint density at radius 2 is 2.22 bits per heavy atom. The quantitative estimate of drug-likeness (QED) is 0.703. The molecule has 3 rings (SSSR count). The molecule has 3 fully saturated rings. The van der Waals surface area contributed by atoms with Gasteiger partial charge in [0.25, 0.3) is 0 Å². The van der Waals surface area contributed by atoms with E-state index in [9.17, 15) is 9.59 Å². The zero-order valence-corrected chi connectivity index (χ0v) is 10.9. The maximum atomic E-state index is 12.5. The van der Waals surface area contributed by atoms with Crippen LogP contribution in [0.4, 0.5) is 0 Å². The Labute approximate surface area is 107 Å². The van der Waals surface area contributed by atoms with Crippen molar-refractivity contribution in [1.29, 1.82) is 0 Å². The Morgan fingerprint density at radius 3 is 2.94 bits per heavy atom. The SMILES string of the molecule is CC1CN2CCCC2CN1C(=O)C1CNC(=O)C1. The second kappa shape index (κ2) is 4.53. The van der Waals surface area contributed by atoms with E-state index in [0.717, 1.165) is 13.1 Å². The number of amides is 2. The number of rotatable bonds is 1. The lowest BCUT2D eigenvalue weighted by Gasteiger charge is -2.43. The van der Waals surface area contributed by atoms with Crippen LogP contribution in [0.5, 0.6) is 0 Å². The molecule has 5 heteroatoms. The molecule has 0 bridgehead atoms. The van der Waals surface area contributed by atoms with Gasteiger partial charge in [-0.3, -0.25) is 14.5 Å². The monoisotopic (exact) mass is 251 g/mol. The number of hydrogen-bond donors (Lipinski definition) is 1. The van der Waals surface area contributed by atoms with Gasteiger partial charge in [-0.2, -0.15) is 0 Å². The number of nitrogens with one attached hydrogen (secondary N) is 1. The van der Waals surface area contributed by atoms with Crippen LogP contribution >= 0.6 is 0 Å².